The number of carbonyl (C=O) groups excluding carboxylic acids is 2. The number of hydrogen-bond acceptors (Lipinski definition) is 5. The van der Waals surface area contributed by atoms with Gasteiger partial charge >= 0.3 is 12.1 Å². The summed E-state index contributed by atoms with van der Waals surface area (Å²) in [4.78, 5) is 33.6. The Kier molecular flexibility index (Phi) is 6.85. The Balaban J connectivity index is 1.18. The van der Waals surface area contributed by atoms with Crippen LogP contribution in [-0.4, -0.2) is 70.7 Å². The second-order valence-electron chi connectivity index (χ2n) is 9.19. The first kappa shape index (κ1) is 23.2. The lowest BCUT2D eigenvalue weighted by molar-refractivity contribution is 0.104. The Morgan fingerprint density at radius 3 is 2.49 bits per heavy atom. The third-order valence-electron chi connectivity index (χ3n) is 6.96. The van der Waals surface area contributed by atoms with Crippen LogP contribution in [0.3, 0.4) is 0 Å². The Morgan fingerprint density at radius 1 is 0.943 bits per heavy atom. The minimum absolute atomic E-state index is 0.122. The number of piperidine rings is 2. The number of pyridine rings is 1. The van der Waals surface area contributed by atoms with Gasteiger partial charge in [-0.15, -0.1) is 0 Å². The van der Waals surface area contributed by atoms with Gasteiger partial charge < -0.3 is 19.9 Å². The number of hydrogen-bond donors (Lipinski definition) is 2. The van der Waals surface area contributed by atoms with Crippen LogP contribution in [0.2, 0.25) is 0 Å². The first-order chi connectivity index (χ1) is 17.1. The lowest BCUT2D eigenvalue weighted by Crippen LogP contribution is -2.49. The molecule has 0 saturated carbocycles. The van der Waals surface area contributed by atoms with Crippen LogP contribution in [0, 0.1) is 0 Å². The standard InChI is InChI=1S/C26H32N6O3/c1-27-25(33)32-16-8-19-17-21(5-6-23(19)32)35-22-7-11-28-24(18-22)29-26(34)31-14-9-20(10-15-31)30-12-3-2-4-13-30/h5-8,11,16-18,20H,2-4,9-10,12-15H2,1H3,(H,27,33)(H,28,29,34). The number of fused-ring (bicyclic) bond motifs is 1. The third-order valence-corrected chi connectivity index (χ3v) is 6.96. The van der Waals surface area contributed by atoms with Crippen molar-refractivity contribution in [3.8, 4) is 11.5 Å². The Morgan fingerprint density at radius 2 is 1.71 bits per heavy atom. The molecule has 2 aliphatic rings. The van der Waals surface area contributed by atoms with E-state index in [0.717, 1.165) is 36.8 Å². The predicted octanol–water partition coefficient (Wildman–Crippen LogP) is 4.50. The van der Waals surface area contributed by atoms with Crippen LogP contribution in [0.4, 0.5) is 15.4 Å². The summed E-state index contributed by atoms with van der Waals surface area (Å²) >= 11 is 0. The summed E-state index contributed by atoms with van der Waals surface area (Å²) < 4.78 is 7.56. The molecule has 9 heteroatoms. The average molecular weight is 477 g/mol. The van der Waals surface area contributed by atoms with Gasteiger partial charge in [0.1, 0.15) is 17.3 Å². The molecule has 3 amide bonds. The van der Waals surface area contributed by atoms with Gasteiger partial charge in [-0.3, -0.25) is 9.88 Å². The van der Waals surface area contributed by atoms with Gasteiger partial charge in [0.2, 0.25) is 0 Å². The maximum atomic E-state index is 12.8. The Hall–Kier alpha value is -3.59. The Bertz CT molecular complexity index is 1190. The number of ether oxygens (including phenoxy) is 1. The molecule has 3 aromatic rings. The van der Waals surface area contributed by atoms with Crippen LogP contribution in [0.25, 0.3) is 10.9 Å². The van der Waals surface area contributed by atoms with Crippen molar-refractivity contribution in [1.29, 1.82) is 0 Å². The molecule has 0 bridgehead atoms. The summed E-state index contributed by atoms with van der Waals surface area (Å²) in [6.07, 6.45) is 9.31. The molecule has 2 N–H and O–H groups in total. The maximum absolute atomic E-state index is 12.8. The van der Waals surface area contributed by atoms with E-state index < -0.39 is 0 Å². The quantitative estimate of drug-likeness (QED) is 0.579. The van der Waals surface area contributed by atoms with Crippen molar-refractivity contribution in [3.63, 3.8) is 0 Å². The molecule has 2 saturated heterocycles. The van der Waals surface area contributed by atoms with E-state index in [9.17, 15) is 9.59 Å². The first-order valence-electron chi connectivity index (χ1n) is 12.4. The third kappa shape index (κ3) is 5.24. The van der Waals surface area contributed by atoms with Crippen molar-refractivity contribution in [2.45, 2.75) is 38.1 Å². The van der Waals surface area contributed by atoms with E-state index in [2.05, 4.69) is 20.5 Å². The molecule has 184 valence electrons. The number of benzene rings is 1. The summed E-state index contributed by atoms with van der Waals surface area (Å²) in [5, 5.41) is 6.43. The van der Waals surface area contributed by atoms with E-state index in [1.165, 1.54) is 32.4 Å². The first-order valence-corrected chi connectivity index (χ1v) is 12.4. The molecule has 0 spiro atoms. The molecule has 0 unspecified atom stereocenters. The smallest absolute Gasteiger partial charge is 0.325 e. The van der Waals surface area contributed by atoms with Crippen LogP contribution in [0.1, 0.15) is 32.1 Å². The van der Waals surface area contributed by atoms with Gasteiger partial charge in [0.15, 0.2) is 0 Å². The highest BCUT2D eigenvalue weighted by Crippen LogP contribution is 2.28. The predicted molar refractivity (Wildman–Crippen MR) is 135 cm³/mol. The number of anilines is 1. The number of likely N-dealkylation sites (tertiary alicyclic amines) is 2. The normalized spacial score (nSPS) is 17.3. The molecular formula is C26H32N6O3. The second kappa shape index (κ2) is 10.4. The fraction of sp³-hybridized carbons (Fsp3) is 0.423. The lowest BCUT2D eigenvalue weighted by atomic mass is 10.0. The van der Waals surface area contributed by atoms with Crippen molar-refractivity contribution in [2.75, 3.05) is 38.5 Å². The molecule has 5 rings (SSSR count). The number of carbonyl (C=O) groups is 2. The van der Waals surface area contributed by atoms with Crippen LogP contribution >= 0.6 is 0 Å². The Labute approximate surface area is 205 Å². The monoisotopic (exact) mass is 476 g/mol. The highest BCUT2D eigenvalue weighted by molar-refractivity contribution is 5.92. The molecule has 1 aromatic carbocycles. The number of nitrogens with one attached hydrogen (secondary N) is 2. The van der Waals surface area contributed by atoms with Gasteiger partial charge in [0.05, 0.1) is 5.52 Å². The van der Waals surface area contributed by atoms with Gasteiger partial charge in [0.25, 0.3) is 0 Å². The molecular weight excluding hydrogens is 444 g/mol. The topological polar surface area (TPSA) is 91.7 Å². The fourth-order valence-electron chi connectivity index (χ4n) is 5.07. The van der Waals surface area contributed by atoms with E-state index in [1.54, 1.807) is 36.1 Å². The van der Waals surface area contributed by atoms with Crippen molar-refractivity contribution < 1.29 is 14.3 Å². The zero-order valence-corrected chi connectivity index (χ0v) is 20.1. The molecule has 2 fully saturated rings. The number of amides is 3. The number of aromatic nitrogens is 2. The van der Waals surface area contributed by atoms with Gasteiger partial charge in [-0.1, -0.05) is 6.42 Å². The SMILES string of the molecule is CNC(=O)n1ccc2cc(Oc3ccnc(NC(=O)N4CCC(N5CCCCC5)CC4)c3)ccc21. The molecule has 0 atom stereocenters. The number of nitrogens with zero attached hydrogens (tertiary/aromatic N) is 4. The second-order valence-corrected chi connectivity index (χ2v) is 9.19. The van der Waals surface area contributed by atoms with Gasteiger partial charge in [-0.25, -0.2) is 14.6 Å². The molecule has 0 radical (unpaired) electrons. The van der Waals surface area contributed by atoms with Gasteiger partial charge in [0, 0.05) is 50.0 Å². The summed E-state index contributed by atoms with van der Waals surface area (Å²) in [5.41, 5.74) is 0.795. The highest BCUT2D eigenvalue weighted by Gasteiger charge is 2.27. The van der Waals surface area contributed by atoms with E-state index in [0.29, 0.717) is 23.4 Å². The van der Waals surface area contributed by atoms with Gasteiger partial charge in [-0.2, -0.15) is 0 Å². The van der Waals surface area contributed by atoms with E-state index >= 15 is 0 Å². The minimum Gasteiger partial charge on any atom is -0.457 e. The van der Waals surface area contributed by atoms with Crippen molar-refractivity contribution >= 4 is 28.8 Å². The molecule has 9 nitrogen and oxygen atoms in total. The van der Waals surface area contributed by atoms with Crippen LogP contribution < -0.4 is 15.4 Å². The molecule has 2 aromatic heterocycles. The van der Waals surface area contributed by atoms with Crippen molar-refractivity contribution in [3.05, 3.63) is 48.8 Å². The molecule has 0 aliphatic carbocycles. The van der Waals surface area contributed by atoms with Crippen LogP contribution in [-0.2, 0) is 0 Å². The zero-order chi connectivity index (χ0) is 24.2. The molecule has 35 heavy (non-hydrogen) atoms. The molecule has 4 heterocycles. The summed E-state index contributed by atoms with van der Waals surface area (Å²) in [6, 6.07) is 11.1. The number of rotatable bonds is 4. The zero-order valence-electron chi connectivity index (χ0n) is 20.1. The lowest BCUT2D eigenvalue weighted by Gasteiger charge is -2.40. The minimum atomic E-state index is -0.195. The van der Waals surface area contributed by atoms with E-state index in [-0.39, 0.29) is 12.1 Å². The summed E-state index contributed by atoms with van der Waals surface area (Å²) in [6.45, 7) is 3.92. The summed E-state index contributed by atoms with van der Waals surface area (Å²) in [5.74, 6) is 1.66. The fourth-order valence-corrected chi connectivity index (χ4v) is 5.07. The largest absolute Gasteiger partial charge is 0.457 e. The van der Waals surface area contributed by atoms with E-state index in [1.807, 2.05) is 29.2 Å². The highest BCUT2D eigenvalue weighted by atomic mass is 16.5. The maximum Gasteiger partial charge on any atom is 0.325 e. The summed E-state index contributed by atoms with van der Waals surface area (Å²) in [7, 11) is 1.60. The van der Waals surface area contributed by atoms with Crippen molar-refractivity contribution in [1.82, 2.24) is 24.7 Å². The number of urea groups is 1. The van der Waals surface area contributed by atoms with Crippen LogP contribution in [0.5, 0.6) is 11.5 Å². The van der Waals surface area contributed by atoms with E-state index in [4.69, 9.17) is 4.74 Å². The van der Waals surface area contributed by atoms with Crippen LogP contribution in [0.15, 0.2) is 48.8 Å². The average Bonchev–Trinajstić information content (AvgIpc) is 3.32. The molecule has 2 aliphatic heterocycles. The van der Waals surface area contributed by atoms with Crippen molar-refractivity contribution in [2.24, 2.45) is 0 Å². The van der Waals surface area contributed by atoms with Gasteiger partial charge in [-0.05, 0) is 69.1 Å².